The predicted molar refractivity (Wildman–Crippen MR) is 116 cm³/mol. The molecule has 1 aromatic carbocycles. The first kappa shape index (κ1) is 20.5. The summed E-state index contributed by atoms with van der Waals surface area (Å²) in [6.07, 6.45) is 7.79. The van der Waals surface area contributed by atoms with Crippen molar-refractivity contribution in [2.75, 3.05) is 26.2 Å². The zero-order valence-corrected chi connectivity index (χ0v) is 17.5. The van der Waals surface area contributed by atoms with Crippen LogP contribution >= 0.6 is 0 Å². The summed E-state index contributed by atoms with van der Waals surface area (Å²) in [5.41, 5.74) is 3.60. The minimum Gasteiger partial charge on any atom is -0.355 e. The number of halogens is 1. The quantitative estimate of drug-likeness (QED) is 0.645. The van der Waals surface area contributed by atoms with E-state index in [-0.39, 0.29) is 24.1 Å². The largest absolute Gasteiger partial charge is 0.355 e. The number of carbonyl (C=O) groups is 1. The van der Waals surface area contributed by atoms with Crippen LogP contribution in [0.2, 0.25) is 0 Å². The van der Waals surface area contributed by atoms with E-state index in [0.717, 1.165) is 42.1 Å². The summed E-state index contributed by atoms with van der Waals surface area (Å²) >= 11 is 0. The number of likely N-dealkylation sites (tertiary alicyclic amines) is 1. The first-order valence-corrected chi connectivity index (χ1v) is 10.8. The number of rotatable bonds is 7. The summed E-state index contributed by atoms with van der Waals surface area (Å²) in [6, 6.07) is 10.5. The Balaban J connectivity index is 1.52. The Morgan fingerprint density at radius 3 is 2.83 bits per heavy atom. The third-order valence-corrected chi connectivity index (χ3v) is 5.96. The Morgan fingerprint density at radius 1 is 1.20 bits per heavy atom. The van der Waals surface area contributed by atoms with Gasteiger partial charge in [0.1, 0.15) is 11.5 Å². The number of benzene rings is 1. The second-order valence-corrected chi connectivity index (χ2v) is 8.13. The summed E-state index contributed by atoms with van der Waals surface area (Å²) in [5, 5.41) is 3.06. The molecule has 0 radical (unpaired) electrons. The molecular formula is C24H29FN4O. The molecule has 158 valence electrons. The smallest absolute Gasteiger partial charge is 0.221 e. The highest BCUT2D eigenvalue weighted by molar-refractivity contribution is 5.77. The molecule has 6 heteroatoms. The number of hydrogen-bond donors (Lipinski definition) is 1. The fourth-order valence-corrected chi connectivity index (χ4v) is 4.34. The van der Waals surface area contributed by atoms with E-state index < -0.39 is 0 Å². The van der Waals surface area contributed by atoms with E-state index >= 15 is 0 Å². The van der Waals surface area contributed by atoms with Crippen molar-refractivity contribution in [2.45, 2.75) is 38.5 Å². The van der Waals surface area contributed by atoms with Crippen LogP contribution in [-0.4, -0.2) is 46.4 Å². The van der Waals surface area contributed by atoms with Gasteiger partial charge in [0.25, 0.3) is 0 Å². The van der Waals surface area contributed by atoms with Crippen LogP contribution in [0.1, 0.15) is 48.4 Å². The van der Waals surface area contributed by atoms with Crippen LogP contribution in [0.4, 0.5) is 4.39 Å². The predicted octanol–water partition coefficient (Wildman–Crippen LogP) is 3.91. The maximum Gasteiger partial charge on any atom is 0.221 e. The standard InChI is InChI=1S/C24H29FN4O/c1-18-7-6-13-29-22(17-27-24(18)29)21(19-8-5-9-20(25)15-19)16-23(30)26-10-14-28-11-3-2-4-12-28/h5-9,13,15,17,21H,2-4,10-12,14,16H2,1H3,(H,26,30). The Hall–Kier alpha value is -2.73. The van der Waals surface area contributed by atoms with E-state index in [1.807, 2.05) is 35.7 Å². The number of imidazole rings is 1. The Labute approximate surface area is 176 Å². The van der Waals surface area contributed by atoms with Crippen molar-refractivity contribution in [1.29, 1.82) is 0 Å². The third-order valence-electron chi connectivity index (χ3n) is 5.96. The number of piperidine rings is 1. The maximum atomic E-state index is 14.0. The average Bonchev–Trinajstić information content (AvgIpc) is 3.18. The van der Waals surface area contributed by atoms with E-state index in [2.05, 4.69) is 15.2 Å². The van der Waals surface area contributed by atoms with E-state index in [1.165, 1.54) is 31.4 Å². The highest BCUT2D eigenvalue weighted by Gasteiger charge is 2.23. The molecule has 3 aromatic rings. The molecule has 0 bridgehead atoms. The first-order valence-electron chi connectivity index (χ1n) is 10.8. The monoisotopic (exact) mass is 408 g/mol. The number of aromatic nitrogens is 2. The summed E-state index contributed by atoms with van der Waals surface area (Å²) < 4.78 is 16.0. The number of pyridine rings is 1. The molecule has 1 aliphatic heterocycles. The minimum absolute atomic E-state index is 0.0242. The average molecular weight is 409 g/mol. The number of amides is 1. The molecule has 0 spiro atoms. The van der Waals surface area contributed by atoms with Crippen molar-refractivity contribution in [3.63, 3.8) is 0 Å². The van der Waals surface area contributed by atoms with Crippen molar-refractivity contribution in [2.24, 2.45) is 0 Å². The van der Waals surface area contributed by atoms with Gasteiger partial charge >= 0.3 is 0 Å². The minimum atomic E-state index is -0.298. The lowest BCUT2D eigenvalue weighted by atomic mass is 9.92. The molecule has 1 aliphatic rings. The molecule has 0 aliphatic carbocycles. The summed E-state index contributed by atoms with van der Waals surface area (Å²) in [7, 11) is 0. The van der Waals surface area contributed by atoms with Gasteiger partial charge in [-0.3, -0.25) is 4.79 Å². The molecular weight excluding hydrogens is 379 g/mol. The summed E-state index contributed by atoms with van der Waals surface area (Å²) in [4.78, 5) is 19.8. The number of fused-ring (bicyclic) bond motifs is 1. The normalized spacial score (nSPS) is 15.9. The second kappa shape index (κ2) is 9.39. The van der Waals surface area contributed by atoms with Crippen LogP contribution in [0, 0.1) is 12.7 Å². The van der Waals surface area contributed by atoms with Crippen LogP contribution in [0.3, 0.4) is 0 Å². The number of hydrogen-bond acceptors (Lipinski definition) is 3. The van der Waals surface area contributed by atoms with Gasteiger partial charge in [0.15, 0.2) is 0 Å². The lowest BCUT2D eigenvalue weighted by Crippen LogP contribution is -2.38. The molecule has 0 saturated carbocycles. The van der Waals surface area contributed by atoms with Crippen LogP contribution < -0.4 is 5.32 Å². The molecule has 1 fully saturated rings. The number of aryl methyl sites for hydroxylation is 1. The van der Waals surface area contributed by atoms with Crippen molar-refractivity contribution in [3.05, 3.63) is 71.4 Å². The van der Waals surface area contributed by atoms with Crippen LogP contribution in [-0.2, 0) is 4.79 Å². The summed E-state index contributed by atoms with van der Waals surface area (Å²) in [5.74, 6) is -0.593. The van der Waals surface area contributed by atoms with Crippen molar-refractivity contribution >= 4 is 11.6 Å². The molecule has 2 aromatic heterocycles. The van der Waals surface area contributed by atoms with Crippen molar-refractivity contribution < 1.29 is 9.18 Å². The van der Waals surface area contributed by atoms with Gasteiger partial charge in [0, 0.05) is 37.8 Å². The van der Waals surface area contributed by atoms with Crippen molar-refractivity contribution in [3.8, 4) is 0 Å². The van der Waals surface area contributed by atoms with Crippen LogP contribution in [0.25, 0.3) is 5.65 Å². The van der Waals surface area contributed by atoms with Gasteiger partial charge in [-0.1, -0.05) is 24.6 Å². The zero-order valence-electron chi connectivity index (χ0n) is 17.5. The van der Waals surface area contributed by atoms with Gasteiger partial charge in [-0.15, -0.1) is 0 Å². The van der Waals surface area contributed by atoms with Gasteiger partial charge in [-0.05, 0) is 62.2 Å². The lowest BCUT2D eigenvalue weighted by molar-refractivity contribution is -0.121. The highest BCUT2D eigenvalue weighted by Crippen LogP contribution is 2.29. The maximum absolute atomic E-state index is 14.0. The number of carbonyl (C=O) groups excluding carboxylic acids is 1. The van der Waals surface area contributed by atoms with Crippen LogP contribution in [0.5, 0.6) is 0 Å². The first-order chi connectivity index (χ1) is 14.6. The second-order valence-electron chi connectivity index (χ2n) is 8.13. The Bertz CT molecular complexity index is 1010. The number of nitrogens with one attached hydrogen (secondary N) is 1. The molecule has 4 rings (SSSR count). The molecule has 5 nitrogen and oxygen atoms in total. The molecule has 3 heterocycles. The number of nitrogens with zero attached hydrogens (tertiary/aromatic N) is 3. The van der Waals surface area contributed by atoms with E-state index in [4.69, 9.17) is 0 Å². The third kappa shape index (κ3) is 4.70. The van der Waals surface area contributed by atoms with Gasteiger partial charge in [0.2, 0.25) is 5.91 Å². The van der Waals surface area contributed by atoms with E-state index in [1.54, 1.807) is 12.3 Å². The van der Waals surface area contributed by atoms with Crippen LogP contribution in [0.15, 0.2) is 48.8 Å². The molecule has 1 saturated heterocycles. The summed E-state index contributed by atoms with van der Waals surface area (Å²) in [6.45, 7) is 5.76. The molecule has 1 N–H and O–H groups in total. The Kier molecular flexibility index (Phi) is 6.43. The molecule has 1 amide bonds. The fourth-order valence-electron chi connectivity index (χ4n) is 4.34. The van der Waals surface area contributed by atoms with Gasteiger partial charge in [-0.2, -0.15) is 0 Å². The SMILES string of the molecule is Cc1cccn2c(C(CC(=O)NCCN3CCCCC3)c3cccc(F)c3)cnc12. The highest BCUT2D eigenvalue weighted by atomic mass is 19.1. The fraction of sp³-hybridized carbons (Fsp3) is 0.417. The molecule has 1 unspecified atom stereocenters. The molecule has 30 heavy (non-hydrogen) atoms. The van der Waals surface area contributed by atoms with E-state index in [0.29, 0.717) is 6.54 Å². The zero-order chi connectivity index (χ0) is 20.9. The van der Waals surface area contributed by atoms with Gasteiger partial charge in [0.05, 0.1) is 5.69 Å². The lowest BCUT2D eigenvalue weighted by Gasteiger charge is -2.26. The van der Waals surface area contributed by atoms with E-state index in [9.17, 15) is 9.18 Å². The topological polar surface area (TPSA) is 49.6 Å². The van der Waals surface area contributed by atoms with Gasteiger partial charge in [-0.25, -0.2) is 9.37 Å². The molecule has 1 atom stereocenters. The van der Waals surface area contributed by atoms with Gasteiger partial charge < -0.3 is 14.6 Å². The van der Waals surface area contributed by atoms with Crippen molar-refractivity contribution in [1.82, 2.24) is 19.6 Å². The Morgan fingerprint density at radius 2 is 2.03 bits per heavy atom.